The number of amides is 1. The van der Waals surface area contributed by atoms with Crippen LogP contribution in [-0.4, -0.2) is 35.1 Å². The van der Waals surface area contributed by atoms with Crippen molar-refractivity contribution < 1.29 is 14.3 Å². The molecular weight excluding hydrogens is 418 g/mol. The van der Waals surface area contributed by atoms with E-state index in [0.29, 0.717) is 22.5 Å². The van der Waals surface area contributed by atoms with E-state index in [-0.39, 0.29) is 12.5 Å². The third kappa shape index (κ3) is 7.03. The van der Waals surface area contributed by atoms with Crippen LogP contribution in [0.3, 0.4) is 0 Å². The van der Waals surface area contributed by atoms with Gasteiger partial charge >= 0.3 is 0 Å². The Kier molecular flexibility index (Phi) is 7.95. The smallest absolute Gasteiger partial charge is 0.264 e. The number of carbonyl (C=O) groups is 1. The quantitative estimate of drug-likeness (QED) is 0.281. The van der Waals surface area contributed by atoms with E-state index in [4.69, 9.17) is 21.1 Å². The van der Waals surface area contributed by atoms with Gasteiger partial charge in [0.15, 0.2) is 10.9 Å². The molecule has 0 radical (unpaired) electrons. The maximum atomic E-state index is 11.9. The molecule has 0 bridgehead atoms. The Hall–Kier alpha value is -2.29. The number of carbonyl (C=O) groups excluding carboxylic acids is 1. The van der Waals surface area contributed by atoms with Crippen molar-refractivity contribution >= 4 is 45.7 Å². The average Bonchev–Trinajstić information content (AvgIpc) is 3.15. The number of nitrogens with one attached hydrogen (secondary N) is 1. The average molecular weight is 436 g/mol. The van der Waals surface area contributed by atoms with Gasteiger partial charge in [-0.15, -0.1) is 10.2 Å². The lowest BCUT2D eigenvalue weighted by Crippen LogP contribution is -2.20. The minimum absolute atomic E-state index is 0.111. The molecule has 1 heterocycles. The summed E-state index contributed by atoms with van der Waals surface area (Å²) in [4.78, 5) is 11.9. The molecule has 1 aromatic heterocycles. The second-order valence-corrected chi connectivity index (χ2v) is 8.28. The Morgan fingerprint density at radius 3 is 2.57 bits per heavy atom. The van der Waals surface area contributed by atoms with Crippen LogP contribution in [0.4, 0.5) is 5.13 Å². The lowest BCUT2D eigenvalue weighted by atomic mass is 10.3. The second kappa shape index (κ2) is 10.9. The fourth-order valence-electron chi connectivity index (χ4n) is 2.08. The second-order valence-electron chi connectivity index (χ2n) is 5.53. The number of aromatic nitrogens is 2. The molecule has 0 aliphatic heterocycles. The SMILES string of the molecule is O=C(COc1ccc(Cl)cc1)Nc1nnc(SCCCOc2ccccc2)s1. The van der Waals surface area contributed by atoms with Gasteiger partial charge in [-0.1, -0.05) is 52.9 Å². The van der Waals surface area contributed by atoms with Gasteiger partial charge in [0, 0.05) is 10.8 Å². The zero-order valence-electron chi connectivity index (χ0n) is 14.8. The summed E-state index contributed by atoms with van der Waals surface area (Å²) < 4.78 is 11.8. The Balaban J connectivity index is 1.33. The lowest BCUT2D eigenvalue weighted by molar-refractivity contribution is -0.118. The monoisotopic (exact) mass is 435 g/mol. The van der Waals surface area contributed by atoms with Crippen LogP contribution in [0.25, 0.3) is 0 Å². The summed E-state index contributed by atoms with van der Waals surface area (Å²) in [5.74, 6) is 2.01. The van der Waals surface area contributed by atoms with Crippen molar-refractivity contribution in [1.29, 1.82) is 0 Å². The Morgan fingerprint density at radius 2 is 1.79 bits per heavy atom. The van der Waals surface area contributed by atoms with E-state index in [1.54, 1.807) is 36.0 Å². The van der Waals surface area contributed by atoms with Crippen LogP contribution < -0.4 is 14.8 Å². The lowest BCUT2D eigenvalue weighted by Gasteiger charge is -2.05. The van der Waals surface area contributed by atoms with Crippen LogP contribution in [-0.2, 0) is 4.79 Å². The van der Waals surface area contributed by atoms with Crippen LogP contribution in [0.1, 0.15) is 6.42 Å². The largest absolute Gasteiger partial charge is 0.494 e. The van der Waals surface area contributed by atoms with Crippen LogP contribution in [0.5, 0.6) is 11.5 Å². The molecule has 0 aliphatic carbocycles. The number of rotatable bonds is 10. The first-order valence-electron chi connectivity index (χ1n) is 8.51. The molecule has 0 saturated heterocycles. The molecule has 0 spiro atoms. The first-order chi connectivity index (χ1) is 13.7. The third-order valence-electron chi connectivity index (χ3n) is 3.36. The summed E-state index contributed by atoms with van der Waals surface area (Å²) in [7, 11) is 0. The molecule has 0 fully saturated rings. The van der Waals surface area contributed by atoms with E-state index in [1.807, 2.05) is 30.3 Å². The van der Waals surface area contributed by atoms with Crippen molar-refractivity contribution in [3.63, 3.8) is 0 Å². The van der Waals surface area contributed by atoms with Crippen molar-refractivity contribution in [2.75, 3.05) is 24.3 Å². The topological polar surface area (TPSA) is 73.3 Å². The normalized spacial score (nSPS) is 10.5. The highest BCUT2D eigenvalue weighted by Crippen LogP contribution is 2.26. The number of ether oxygens (including phenoxy) is 2. The summed E-state index contributed by atoms with van der Waals surface area (Å²) in [6, 6.07) is 16.5. The molecule has 1 N–H and O–H groups in total. The molecule has 6 nitrogen and oxygen atoms in total. The van der Waals surface area contributed by atoms with Crippen molar-refractivity contribution in [1.82, 2.24) is 10.2 Å². The summed E-state index contributed by atoms with van der Waals surface area (Å²) >= 11 is 8.73. The molecule has 28 heavy (non-hydrogen) atoms. The number of anilines is 1. The zero-order valence-corrected chi connectivity index (χ0v) is 17.2. The van der Waals surface area contributed by atoms with Crippen molar-refractivity contribution in [3.05, 3.63) is 59.6 Å². The maximum absolute atomic E-state index is 11.9. The van der Waals surface area contributed by atoms with Crippen molar-refractivity contribution in [2.24, 2.45) is 0 Å². The molecule has 146 valence electrons. The van der Waals surface area contributed by atoms with E-state index in [1.165, 1.54) is 11.3 Å². The molecule has 1 amide bonds. The molecule has 9 heteroatoms. The highest BCUT2D eigenvalue weighted by atomic mass is 35.5. The molecule has 0 atom stereocenters. The zero-order chi connectivity index (χ0) is 19.6. The number of thioether (sulfide) groups is 1. The van der Waals surface area contributed by atoms with Gasteiger partial charge in [-0.25, -0.2) is 0 Å². The van der Waals surface area contributed by atoms with Gasteiger partial charge < -0.3 is 9.47 Å². The van der Waals surface area contributed by atoms with Crippen LogP contribution in [0, 0.1) is 0 Å². The molecule has 0 aliphatic rings. The van der Waals surface area contributed by atoms with Gasteiger partial charge in [-0.2, -0.15) is 0 Å². The van der Waals surface area contributed by atoms with Crippen molar-refractivity contribution in [3.8, 4) is 11.5 Å². The highest BCUT2D eigenvalue weighted by Gasteiger charge is 2.09. The van der Waals surface area contributed by atoms with Gasteiger partial charge in [-0.05, 0) is 42.8 Å². The number of hydrogen-bond acceptors (Lipinski definition) is 7. The van der Waals surface area contributed by atoms with Crippen LogP contribution in [0.15, 0.2) is 58.9 Å². The van der Waals surface area contributed by atoms with E-state index < -0.39 is 0 Å². The number of hydrogen-bond donors (Lipinski definition) is 1. The first kappa shape index (κ1) is 20.4. The molecule has 0 unspecified atom stereocenters. The molecule has 2 aromatic carbocycles. The van der Waals surface area contributed by atoms with Gasteiger partial charge in [0.25, 0.3) is 5.91 Å². The van der Waals surface area contributed by atoms with Crippen LogP contribution in [0.2, 0.25) is 5.02 Å². The molecule has 3 aromatic rings. The predicted molar refractivity (Wildman–Crippen MR) is 113 cm³/mol. The number of para-hydroxylation sites is 1. The number of benzene rings is 2. The Morgan fingerprint density at radius 1 is 1.04 bits per heavy atom. The fourth-order valence-corrected chi connectivity index (χ4v) is 3.96. The Bertz CT molecular complexity index is 876. The van der Waals surface area contributed by atoms with Gasteiger partial charge in [0.2, 0.25) is 5.13 Å². The fraction of sp³-hybridized carbons (Fsp3) is 0.211. The number of halogens is 1. The van der Waals surface area contributed by atoms with E-state index in [2.05, 4.69) is 15.5 Å². The molecular formula is C19H18ClN3O3S2. The standard InChI is InChI=1S/C19H18ClN3O3S2/c20-14-7-9-16(10-8-14)26-13-17(24)21-18-22-23-19(28-18)27-12-4-11-25-15-5-2-1-3-6-15/h1-3,5-10H,4,11-13H2,(H,21,22,24). The van der Waals surface area contributed by atoms with Crippen LogP contribution >= 0.6 is 34.7 Å². The minimum atomic E-state index is -0.293. The molecule has 0 saturated carbocycles. The van der Waals surface area contributed by atoms with E-state index >= 15 is 0 Å². The summed E-state index contributed by atoms with van der Waals surface area (Å²) in [6.45, 7) is 0.530. The van der Waals surface area contributed by atoms with E-state index in [0.717, 1.165) is 22.3 Å². The molecule has 3 rings (SSSR count). The first-order valence-corrected chi connectivity index (χ1v) is 10.7. The predicted octanol–water partition coefficient (Wildman–Crippen LogP) is 4.77. The van der Waals surface area contributed by atoms with Gasteiger partial charge in [0.1, 0.15) is 11.5 Å². The van der Waals surface area contributed by atoms with Crippen molar-refractivity contribution in [2.45, 2.75) is 10.8 Å². The highest BCUT2D eigenvalue weighted by molar-refractivity contribution is 8.01. The number of nitrogens with zero attached hydrogens (tertiary/aromatic N) is 2. The summed E-state index contributed by atoms with van der Waals surface area (Å²) in [6.07, 6.45) is 0.885. The Labute approximate surface area is 176 Å². The maximum Gasteiger partial charge on any atom is 0.264 e. The van der Waals surface area contributed by atoms with Gasteiger partial charge in [0.05, 0.1) is 6.61 Å². The summed E-state index contributed by atoms with van der Waals surface area (Å²) in [5, 5.41) is 11.8. The van der Waals surface area contributed by atoms with E-state index in [9.17, 15) is 4.79 Å². The third-order valence-corrected chi connectivity index (χ3v) is 5.67. The van der Waals surface area contributed by atoms with Gasteiger partial charge in [-0.3, -0.25) is 10.1 Å². The summed E-state index contributed by atoms with van der Waals surface area (Å²) in [5.41, 5.74) is 0. The minimum Gasteiger partial charge on any atom is -0.494 e.